The van der Waals surface area contributed by atoms with Gasteiger partial charge in [-0.15, -0.1) is 11.3 Å². The lowest BCUT2D eigenvalue weighted by molar-refractivity contribution is 0.619. The van der Waals surface area contributed by atoms with Gasteiger partial charge in [-0.2, -0.15) is 0 Å². The molecule has 1 heterocycles. The van der Waals surface area contributed by atoms with Gasteiger partial charge < -0.3 is 5.32 Å². The minimum atomic E-state index is -0.172. The molecule has 0 aliphatic heterocycles. The summed E-state index contributed by atoms with van der Waals surface area (Å²) in [6, 6.07) is 5.31. The summed E-state index contributed by atoms with van der Waals surface area (Å²) in [5.41, 5.74) is 2.63. The lowest BCUT2D eigenvalue weighted by atomic mass is 10.1. The Kier molecular flexibility index (Phi) is 4.32. The van der Waals surface area contributed by atoms with Crippen molar-refractivity contribution in [2.75, 3.05) is 7.05 Å². The summed E-state index contributed by atoms with van der Waals surface area (Å²) >= 11 is 1.64. The van der Waals surface area contributed by atoms with Gasteiger partial charge in [0.2, 0.25) is 0 Å². The Morgan fingerprint density at radius 2 is 2.11 bits per heavy atom. The monoisotopic (exact) mass is 278 g/mol. The maximum Gasteiger partial charge on any atom is 0.126 e. The first-order chi connectivity index (χ1) is 9.02. The highest BCUT2D eigenvalue weighted by molar-refractivity contribution is 7.15. The predicted octanol–water partition coefficient (Wildman–Crippen LogP) is 4.10. The Bertz CT molecular complexity index is 576. The topological polar surface area (TPSA) is 24.9 Å². The van der Waals surface area contributed by atoms with E-state index in [1.54, 1.807) is 30.4 Å². The average molecular weight is 278 g/mol. The van der Waals surface area contributed by atoms with E-state index in [4.69, 9.17) is 0 Å². The van der Waals surface area contributed by atoms with Crippen molar-refractivity contribution in [3.05, 3.63) is 40.2 Å². The third-order valence-corrected chi connectivity index (χ3v) is 4.15. The second kappa shape index (κ2) is 5.80. The smallest absolute Gasteiger partial charge is 0.126 e. The van der Waals surface area contributed by atoms with E-state index < -0.39 is 0 Å². The summed E-state index contributed by atoms with van der Waals surface area (Å²) in [6.45, 7) is 6.84. The van der Waals surface area contributed by atoms with Gasteiger partial charge in [0.15, 0.2) is 0 Å². The van der Waals surface area contributed by atoms with E-state index in [1.165, 1.54) is 4.88 Å². The van der Waals surface area contributed by atoms with Gasteiger partial charge >= 0.3 is 0 Å². The van der Waals surface area contributed by atoms with Gasteiger partial charge in [-0.05, 0) is 31.5 Å². The van der Waals surface area contributed by atoms with E-state index in [9.17, 15) is 4.39 Å². The zero-order valence-electron chi connectivity index (χ0n) is 11.7. The standard InChI is InChI=1S/C15H19FN2S/c1-9(2)14-13(8-17-4)19-15(18-14)11-6-5-10(3)12(16)7-11/h5-7,9,17H,8H2,1-4H3. The van der Waals surface area contributed by atoms with Gasteiger partial charge in [0.1, 0.15) is 10.8 Å². The first kappa shape index (κ1) is 14.2. The maximum atomic E-state index is 13.6. The summed E-state index contributed by atoms with van der Waals surface area (Å²) in [5, 5.41) is 4.06. The molecule has 2 aromatic rings. The number of hydrogen-bond acceptors (Lipinski definition) is 3. The van der Waals surface area contributed by atoms with Crippen LogP contribution in [-0.4, -0.2) is 12.0 Å². The fourth-order valence-corrected chi connectivity index (χ4v) is 3.18. The molecule has 19 heavy (non-hydrogen) atoms. The van der Waals surface area contributed by atoms with Gasteiger partial charge in [-0.1, -0.05) is 26.0 Å². The quantitative estimate of drug-likeness (QED) is 0.910. The Morgan fingerprint density at radius 3 is 2.68 bits per heavy atom. The second-order valence-corrected chi connectivity index (χ2v) is 6.06. The van der Waals surface area contributed by atoms with Crippen LogP contribution in [0.15, 0.2) is 18.2 Å². The Hall–Kier alpha value is -1.26. The molecule has 2 rings (SSSR count). The summed E-state index contributed by atoms with van der Waals surface area (Å²) in [5.74, 6) is 0.206. The Labute approximate surface area is 117 Å². The number of nitrogens with one attached hydrogen (secondary N) is 1. The van der Waals surface area contributed by atoms with Crippen molar-refractivity contribution in [1.82, 2.24) is 10.3 Å². The van der Waals surface area contributed by atoms with Crippen molar-refractivity contribution < 1.29 is 4.39 Å². The molecule has 0 amide bonds. The molecule has 0 bridgehead atoms. The van der Waals surface area contributed by atoms with Gasteiger partial charge in [-0.3, -0.25) is 0 Å². The number of hydrogen-bond donors (Lipinski definition) is 1. The third-order valence-electron chi connectivity index (χ3n) is 3.03. The minimum Gasteiger partial charge on any atom is -0.315 e. The highest BCUT2D eigenvalue weighted by Crippen LogP contribution is 2.32. The lowest BCUT2D eigenvalue weighted by Gasteiger charge is -2.03. The summed E-state index contributed by atoms with van der Waals surface area (Å²) in [4.78, 5) is 5.91. The molecule has 0 saturated carbocycles. The molecule has 1 aromatic heterocycles. The van der Waals surface area contributed by atoms with Crippen LogP contribution >= 0.6 is 11.3 Å². The zero-order chi connectivity index (χ0) is 14.0. The van der Waals surface area contributed by atoms with E-state index in [1.807, 2.05) is 13.1 Å². The van der Waals surface area contributed by atoms with E-state index in [0.717, 1.165) is 22.8 Å². The molecule has 0 fully saturated rings. The number of thiazole rings is 1. The first-order valence-electron chi connectivity index (χ1n) is 6.43. The molecule has 0 aliphatic carbocycles. The van der Waals surface area contributed by atoms with Crippen LogP contribution in [0.5, 0.6) is 0 Å². The lowest BCUT2D eigenvalue weighted by Crippen LogP contribution is -2.06. The predicted molar refractivity (Wildman–Crippen MR) is 79.1 cm³/mol. The van der Waals surface area contributed by atoms with Gasteiger partial charge in [0.25, 0.3) is 0 Å². The van der Waals surface area contributed by atoms with Crippen LogP contribution in [0.1, 0.15) is 35.9 Å². The van der Waals surface area contributed by atoms with E-state index >= 15 is 0 Å². The van der Waals surface area contributed by atoms with Gasteiger partial charge in [-0.25, -0.2) is 9.37 Å². The first-order valence-corrected chi connectivity index (χ1v) is 7.25. The molecule has 0 saturated heterocycles. The molecule has 2 nitrogen and oxygen atoms in total. The normalized spacial score (nSPS) is 11.3. The molecular formula is C15H19FN2S. The molecule has 102 valence electrons. The molecule has 0 atom stereocenters. The van der Waals surface area contributed by atoms with E-state index in [-0.39, 0.29) is 5.82 Å². The number of nitrogens with zero attached hydrogens (tertiary/aromatic N) is 1. The van der Waals surface area contributed by atoms with Crippen LogP contribution < -0.4 is 5.32 Å². The third kappa shape index (κ3) is 3.01. The summed E-state index contributed by atoms with van der Waals surface area (Å²) in [6.07, 6.45) is 0. The average Bonchev–Trinajstić information content (AvgIpc) is 2.77. The van der Waals surface area contributed by atoms with E-state index in [2.05, 4.69) is 24.1 Å². The number of aryl methyl sites for hydroxylation is 1. The molecule has 1 N–H and O–H groups in total. The molecule has 0 radical (unpaired) electrons. The summed E-state index contributed by atoms with van der Waals surface area (Å²) < 4.78 is 13.6. The zero-order valence-corrected chi connectivity index (χ0v) is 12.6. The number of benzene rings is 1. The molecule has 0 unspecified atom stereocenters. The molecule has 1 aromatic carbocycles. The van der Waals surface area contributed by atoms with Crippen molar-refractivity contribution in [2.45, 2.75) is 33.2 Å². The highest BCUT2D eigenvalue weighted by Gasteiger charge is 2.15. The van der Waals surface area contributed by atoms with E-state index in [0.29, 0.717) is 11.5 Å². The number of rotatable bonds is 4. The van der Waals surface area contributed by atoms with Crippen molar-refractivity contribution in [2.24, 2.45) is 0 Å². The van der Waals surface area contributed by atoms with Gasteiger partial charge in [0, 0.05) is 17.0 Å². The van der Waals surface area contributed by atoms with Crippen LogP contribution in [0, 0.1) is 12.7 Å². The van der Waals surface area contributed by atoms with Crippen molar-refractivity contribution in [1.29, 1.82) is 0 Å². The van der Waals surface area contributed by atoms with Crippen LogP contribution in [0.2, 0.25) is 0 Å². The Morgan fingerprint density at radius 1 is 1.37 bits per heavy atom. The van der Waals surface area contributed by atoms with Crippen LogP contribution in [0.25, 0.3) is 10.6 Å². The highest BCUT2D eigenvalue weighted by atomic mass is 32.1. The molecule has 4 heteroatoms. The Balaban J connectivity index is 2.44. The fourth-order valence-electron chi connectivity index (χ4n) is 1.95. The van der Waals surface area contributed by atoms with Crippen molar-refractivity contribution in [3.63, 3.8) is 0 Å². The fraction of sp³-hybridized carbons (Fsp3) is 0.400. The van der Waals surface area contributed by atoms with Gasteiger partial charge in [0.05, 0.1) is 5.69 Å². The van der Waals surface area contributed by atoms with Crippen LogP contribution in [0.3, 0.4) is 0 Å². The van der Waals surface area contributed by atoms with Crippen molar-refractivity contribution in [3.8, 4) is 10.6 Å². The molecular weight excluding hydrogens is 259 g/mol. The minimum absolute atomic E-state index is 0.172. The second-order valence-electron chi connectivity index (χ2n) is 4.98. The SMILES string of the molecule is CNCc1sc(-c2ccc(C)c(F)c2)nc1C(C)C. The summed E-state index contributed by atoms with van der Waals surface area (Å²) in [7, 11) is 1.93. The molecule has 0 spiro atoms. The largest absolute Gasteiger partial charge is 0.315 e. The van der Waals surface area contributed by atoms with Crippen LogP contribution in [-0.2, 0) is 6.54 Å². The van der Waals surface area contributed by atoms with Crippen LogP contribution in [0.4, 0.5) is 4.39 Å². The molecule has 0 aliphatic rings. The maximum absolute atomic E-state index is 13.6. The van der Waals surface area contributed by atoms with Crippen molar-refractivity contribution >= 4 is 11.3 Å². The number of halogens is 1. The number of aromatic nitrogens is 1.